The molecule has 2 heterocycles. The molecule has 3 rings (SSSR count). The minimum Gasteiger partial charge on any atom is -0.481 e. The quantitative estimate of drug-likeness (QED) is 0.756. The second kappa shape index (κ2) is 11.2. The summed E-state index contributed by atoms with van der Waals surface area (Å²) in [6, 6.07) is 2.54. The summed E-state index contributed by atoms with van der Waals surface area (Å²) < 4.78 is 45.3. The summed E-state index contributed by atoms with van der Waals surface area (Å²) in [6.45, 7) is 4.46. The number of carbonyl (C=O) groups is 1. The van der Waals surface area contributed by atoms with Gasteiger partial charge in [0.05, 0.1) is 6.61 Å². The number of carboxylic acid groups (broad SMARTS) is 1. The van der Waals surface area contributed by atoms with Crippen LogP contribution in [0.4, 0.5) is 19.0 Å². The molecular formula is C20H30F3N3O3. The lowest BCUT2D eigenvalue weighted by Gasteiger charge is -2.29. The van der Waals surface area contributed by atoms with Gasteiger partial charge in [-0.05, 0) is 24.5 Å². The van der Waals surface area contributed by atoms with Crippen molar-refractivity contribution in [2.24, 2.45) is 5.92 Å². The number of aliphatic carboxylic acids is 1. The summed E-state index contributed by atoms with van der Waals surface area (Å²) in [5, 5.41) is 10.6. The number of piperazine rings is 1. The second-order valence-corrected chi connectivity index (χ2v) is 7.42. The van der Waals surface area contributed by atoms with Crippen molar-refractivity contribution >= 4 is 11.8 Å². The van der Waals surface area contributed by atoms with Crippen molar-refractivity contribution in [1.82, 2.24) is 10.3 Å². The monoisotopic (exact) mass is 417 g/mol. The molecule has 1 aliphatic heterocycles. The highest BCUT2D eigenvalue weighted by atomic mass is 19.4. The SMILES string of the molecule is CC(=O)O.FC(F)(F)c1ccc(N2CCNCC2)nc1OCCC1CCCCC1. The van der Waals surface area contributed by atoms with E-state index in [0.29, 0.717) is 18.3 Å². The highest BCUT2D eigenvalue weighted by Crippen LogP contribution is 2.37. The van der Waals surface area contributed by atoms with Crippen LogP contribution in [0.5, 0.6) is 5.88 Å². The van der Waals surface area contributed by atoms with Crippen LogP contribution in [-0.2, 0) is 11.0 Å². The number of aromatic nitrogens is 1. The van der Waals surface area contributed by atoms with Gasteiger partial charge in [0.2, 0.25) is 5.88 Å². The fraction of sp³-hybridized carbons (Fsp3) is 0.700. The molecule has 1 saturated heterocycles. The summed E-state index contributed by atoms with van der Waals surface area (Å²) in [4.78, 5) is 15.2. The van der Waals surface area contributed by atoms with E-state index in [1.54, 1.807) is 0 Å². The number of halogens is 3. The van der Waals surface area contributed by atoms with Crippen molar-refractivity contribution in [2.75, 3.05) is 37.7 Å². The van der Waals surface area contributed by atoms with E-state index in [2.05, 4.69) is 10.3 Å². The van der Waals surface area contributed by atoms with Gasteiger partial charge in [-0.3, -0.25) is 4.79 Å². The molecule has 0 spiro atoms. The van der Waals surface area contributed by atoms with Crippen molar-refractivity contribution in [3.8, 4) is 5.88 Å². The molecule has 1 aliphatic carbocycles. The van der Waals surface area contributed by atoms with E-state index in [1.165, 1.54) is 25.3 Å². The van der Waals surface area contributed by atoms with E-state index >= 15 is 0 Å². The number of nitrogens with zero attached hydrogens (tertiary/aromatic N) is 2. The van der Waals surface area contributed by atoms with Gasteiger partial charge in [0.1, 0.15) is 11.4 Å². The summed E-state index contributed by atoms with van der Waals surface area (Å²) in [7, 11) is 0. The normalized spacial score (nSPS) is 18.0. The molecule has 2 aliphatic rings. The predicted molar refractivity (Wildman–Crippen MR) is 104 cm³/mol. The van der Waals surface area contributed by atoms with Gasteiger partial charge in [0, 0.05) is 33.1 Å². The minimum absolute atomic E-state index is 0.278. The van der Waals surface area contributed by atoms with Crippen LogP contribution in [0.25, 0.3) is 0 Å². The van der Waals surface area contributed by atoms with Crippen molar-refractivity contribution in [1.29, 1.82) is 0 Å². The van der Waals surface area contributed by atoms with Gasteiger partial charge < -0.3 is 20.1 Å². The number of carboxylic acids is 1. The number of ether oxygens (including phenoxy) is 1. The molecule has 0 bridgehead atoms. The molecule has 6 nitrogen and oxygen atoms in total. The molecule has 29 heavy (non-hydrogen) atoms. The van der Waals surface area contributed by atoms with Gasteiger partial charge in [-0.1, -0.05) is 32.1 Å². The molecule has 1 aromatic heterocycles. The first kappa shape index (κ1) is 23.3. The number of pyridine rings is 1. The standard InChI is InChI=1S/C18H26F3N3O.C2H4O2/c19-18(20,21)15-6-7-16(24-11-9-22-10-12-24)23-17(15)25-13-8-14-4-2-1-3-5-14;1-2(3)4/h6-7,14,22H,1-5,8-13H2;1H3,(H,3,4). The lowest BCUT2D eigenvalue weighted by atomic mass is 9.87. The van der Waals surface area contributed by atoms with Crippen LogP contribution in [0.3, 0.4) is 0 Å². The third-order valence-electron chi connectivity index (χ3n) is 5.08. The molecule has 0 aromatic carbocycles. The van der Waals surface area contributed by atoms with E-state index < -0.39 is 17.7 Å². The van der Waals surface area contributed by atoms with Crippen molar-refractivity contribution < 1.29 is 27.8 Å². The predicted octanol–water partition coefficient (Wildman–Crippen LogP) is 3.95. The van der Waals surface area contributed by atoms with E-state index in [4.69, 9.17) is 14.6 Å². The van der Waals surface area contributed by atoms with E-state index in [9.17, 15) is 13.2 Å². The maximum atomic E-state index is 13.3. The zero-order valence-corrected chi connectivity index (χ0v) is 16.8. The maximum absolute atomic E-state index is 13.3. The fourth-order valence-electron chi connectivity index (χ4n) is 3.62. The van der Waals surface area contributed by atoms with Crippen LogP contribution in [0, 0.1) is 5.92 Å². The molecule has 0 radical (unpaired) electrons. The van der Waals surface area contributed by atoms with Gasteiger partial charge >= 0.3 is 6.18 Å². The number of hydrogen-bond acceptors (Lipinski definition) is 5. The number of rotatable bonds is 5. The Morgan fingerprint density at radius 2 is 1.86 bits per heavy atom. The smallest absolute Gasteiger partial charge is 0.421 e. The summed E-state index contributed by atoms with van der Waals surface area (Å²) in [5.41, 5.74) is -0.782. The first-order valence-electron chi connectivity index (χ1n) is 10.1. The van der Waals surface area contributed by atoms with Crippen molar-refractivity contribution in [3.63, 3.8) is 0 Å². The van der Waals surface area contributed by atoms with Crippen LogP contribution in [0.15, 0.2) is 12.1 Å². The average molecular weight is 417 g/mol. The molecule has 2 fully saturated rings. The number of anilines is 1. The Kier molecular flexibility index (Phi) is 9.00. The minimum atomic E-state index is -4.45. The highest BCUT2D eigenvalue weighted by Gasteiger charge is 2.36. The van der Waals surface area contributed by atoms with E-state index in [-0.39, 0.29) is 5.88 Å². The Hall–Kier alpha value is -2.03. The molecule has 0 amide bonds. The third-order valence-corrected chi connectivity index (χ3v) is 5.08. The van der Waals surface area contributed by atoms with E-state index in [0.717, 1.165) is 58.4 Å². The van der Waals surface area contributed by atoms with Gasteiger partial charge in [0.15, 0.2) is 0 Å². The first-order chi connectivity index (χ1) is 13.8. The van der Waals surface area contributed by atoms with Gasteiger partial charge in [0.25, 0.3) is 5.97 Å². The Morgan fingerprint density at radius 3 is 2.45 bits per heavy atom. The number of hydrogen-bond donors (Lipinski definition) is 2. The molecule has 2 N–H and O–H groups in total. The first-order valence-corrected chi connectivity index (χ1v) is 10.1. The topological polar surface area (TPSA) is 74.7 Å². The Morgan fingerprint density at radius 1 is 1.24 bits per heavy atom. The summed E-state index contributed by atoms with van der Waals surface area (Å²) in [6.07, 6.45) is 2.37. The number of nitrogens with one attached hydrogen (secondary N) is 1. The number of alkyl halides is 3. The summed E-state index contributed by atoms with van der Waals surface area (Å²) in [5.74, 6) is 0.0148. The van der Waals surface area contributed by atoms with Crippen LogP contribution >= 0.6 is 0 Å². The average Bonchev–Trinajstić information content (AvgIpc) is 2.68. The molecule has 1 saturated carbocycles. The largest absolute Gasteiger partial charge is 0.481 e. The Balaban J connectivity index is 0.000000687. The fourth-order valence-corrected chi connectivity index (χ4v) is 3.62. The van der Waals surface area contributed by atoms with Gasteiger partial charge in [-0.15, -0.1) is 0 Å². The van der Waals surface area contributed by atoms with Gasteiger partial charge in [-0.25, -0.2) is 0 Å². The molecule has 1 aromatic rings. The maximum Gasteiger partial charge on any atom is 0.421 e. The lowest BCUT2D eigenvalue weighted by Crippen LogP contribution is -2.43. The van der Waals surface area contributed by atoms with Crippen molar-refractivity contribution in [3.05, 3.63) is 17.7 Å². The molecule has 0 atom stereocenters. The molecule has 9 heteroatoms. The molecule has 0 unspecified atom stereocenters. The zero-order valence-electron chi connectivity index (χ0n) is 16.8. The van der Waals surface area contributed by atoms with Crippen LogP contribution in [0.2, 0.25) is 0 Å². The third kappa shape index (κ3) is 8.08. The Bertz CT molecular complexity index is 640. The lowest BCUT2D eigenvalue weighted by molar-refractivity contribution is -0.139. The second-order valence-electron chi connectivity index (χ2n) is 7.42. The summed E-state index contributed by atoms with van der Waals surface area (Å²) >= 11 is 0. The molecular weight excluding hydrogens is 387 g/mol. The van der Waals surface area contributed by atoms with E-state index in [1.807, 2.05) is 4.90 Å². The van der Waals surface area contributed by atoms with Crippen molar-refractivity contribution in [2.45, 2.75) is 51.6 Å². The van der Waals surface area contributed by atoms with Crippen LogP contribution < -0.4 is 15.0 Å². The van der Waals surface area contributed by atoms with Gasteiger partial charge in [-0.2, -0.15) is 18.2 Å². The van der Waals surface area contributed by atoms with Crippen LogP contribution in [-0.4, -0.2) is 48.8 Å². The molecule has 164 valence electrons. The van der Waals surface area contributed by atoms with Crippen LogP contribution in [0.1, 0.15) is 51.0 Å². The highest BCUT2D eigenvalue weighted by molar-refractivity contribution is 5.62. The zero-order chi connectivity index (χ0) is 21.3. The Labute approximate surface area is 169 Å².